The predicted octanol–water partition coefficient (Wildman–Crippen LogP) is 2.85. The van der Waals surface area contributed by atoms with Gasteiger partial charge in [0.05, 0.1) is 23.3 Å². The summed E-state index contributed by atoms with van der Waals surface area (Å²) < 4.78 is 29.9. The Morgan fingerprint density at radius 3 is 2.72 bits per heavy atom. The normalized spacial score (nSPS) is 20.2. The van der Waals surface area contributed by atoms with E-state index in [1.807, 2.05) is 17.1 Å². The number of amides is 1. The summed E-state index contributed by atoms with van der Waals surface area (Å²) in [5, 5.41) is 6.25. The molecule has 2 aliphatic rings. The summed E-state index contributed by atoms with van der Waals surface area (Å²) in [5.74, 6) is -1.04. The Bertz CT molecular complexity index is 1140. The highest BCUT2D eigenvalue weighted by atomic mass is 19.1. The smallest absolute Gasteiger partial charge is 0.269 e. The van der Waals surface area contributed by atoms with E-state index >= 15 is 0 Å². The van der Waals surface area contributed by atoms with Crippen LogP contribution in [0.4, 0.5) is 14.5 Å². The number of fused-ring (bicyclic) bond motifs is 1. The van der Waals surface area contributed by atoms with Gasteiger partial charge in [0.2, 0.25) is 0 Å². The van der Waals surface area contributed by atoms with Crippen LogP contribution < -0.4 is 10.3 Å². The second-order valence-corrected chi connectivity index (χ2v) is 8.52. The molecule has 9 heteroatoms. The monoisotopic (exact) mass is 440 g/mol. The standard InChI is InChI=1S/C23H26F2N6O/c1-28-9-11-29(12-10-28)27-23(32)19-15-26-31-8-6-17(14-22(19)31)30-7-2-3-21(30)18-13-16(24)4-5-20(18)25/h4-6,8,13-15,21H,2-3,7,9-12H2,1H3,(H,27,32)/t21-/m1/s1. The van der Waals surface area contributed by atoms with Gasteiger partial charge in [-0.15, -0.1) is 0 Å². The maximum absolute atomic E-state index is 14.5. The van der Waals surface area contributed by atoms with E-state index in [9.17, 15) is 13.6 Å². The first-order chi connectivity index (χ1) is 15.5. The molecule has 0 unspecified atom stereocenters. The average molecular weight is 440 g/mol. The maximum atomic E-state index is 14.5. The van der Waals surface area contributed by atoms with E-state index in [1.54, 1.807) is 16.9 Å². The molecule has 5 rings (SSSR count). The molecule has 0 saturated carbocycles. The van der Waals surface area contributed by atoms with Crippen LogP contribution in [0.1, 0.15) is 34.8 Å². The number of halogens is 2. The quantitative estimate of drug-likeness (QED) is 0.676. The van der Waals surface area contributed by atoms with Gasteiger partial charge < -0.3 is 9.80 Å². The molecule has 0 bridgehead atoms. The minimum atomic E-state index is -0.442. The highest BCUT2D eigenvalue weighted by Crippen LogP contribution is 2.38. The van der Waals surface area contributed by atoms with Crippen LogP contribution in [0.5, 0.6) is 0 Å². The van der Waals surface area contributed by atoms with Crippen molar-refractivity contribution in [1.29, 1.82) is 0 Å². The van der Waals surface area contributed by atoms with Crippen molar-refractivity contribution in [3.63, 3.8) is 0 Å². The van der Waals surface area contributed by atoms with Gasteiger partial charge in [0.1, 0.15) is 11.6 Å². The van der Waals surface area contributed by atoms with E-state index in [0.717, 1.165) is 57.3 Å². The minimum absolute atomic E-state index is 0.198. The SMILES string of the molecule is CN1CCN(NC(=O)c2cnn3ccc(N4CCC[C@@H]4c4cc(F)ccc4F)cc23)CC1. The molecule has 0 radical (unpaired) electrons. The molecule has 1 N–H and O–H groups in total. The zero-order chi connectivity index (χ0) is 22.2. The lowest BCUT2D eigenvalue weighted by Gasteiger charge is -2.32. The number of benzene rings is 1. The van der Waals surface area contributed by atoms with Gasteiger partial charge in [0.15, 0.2) is 0 Å². The van der Waals surface area contributed by atoms with Gasteiger partial charge in [0, 0.05) is 50.2 Å². The van der Waals surface area contributed by atoms with Gasteiger partial charge >= 0.3 is 0 Å². The molecular weight excluding hydrogens is 414 g/mol. The van der Waals surface area contributed by atoms with Crippen LogP contribution in [0.3, 0.4) is 0 Å². The number of piperazine rings is 1. The number of carbonyl (C=O) groups excluding carboxylic acids is 1. The van der Waals surface area contributed by atoms with Gasteiger partial charge in [-0.25, -0.2) is 18.3 Å². The summed E-state index contributed by atoms with van der Waals surface area (Å²) in [6.07, 6.45) is 4.98. The summed E-state index contributed by atoms with van der Waals surface area (Å²) >= 11 is 0. The highest BCUT2D eigenvalue weighted by molar-refractivity contribution is 6.00. The first-order valence-electron chi connectivity index (χ1n) is 10.9. The van der Waals surface area contributed by atoms with Gasteiger partial charge in [0.25, 0.3) is 5.91 Å². The van der Waals surface area contributed by atoms with E-state index in [4.69, 9.17) is 0 Å². The fourth-order valence-corrected chi connectivity index (χ4v) is 4.61. The second-order valence-electron chi connectivity index (χ2n) is 8.52. The van der Waals surface area contributed by atoms with Crippen LogP contribution in [-0.4, -0.2) is 65.2 Å². The molecule has 0 spiro atoms. The summed E-state index contributed by atoms with van der Waals surface area (Å²) in [7, 11) is 2.06. The number of pyridine rings is 1. The Morgan fingerprint density at radius 2 is 1.91 bits per heavy atom. The molecule has 2 fully saturated rings. The largest absolute Gasteiger partial charge is 0.364 e. The van der Waals surface area contributed by atoms with Crippen LogP contribution >= 0.6 is 0 Å². The zero-order valence-electron chi connectivity index (χ0n) is 18.0. The molecule has 1 atom stereocenters. The van der Waals surface area contributed by atoms with Crippen LogP contribution in [0.2, 0.25) is 0 Å². The average Bonchev–Trinajstić information content (AvgIpc) is 3.43. The molecule has 2 aliphatic heterocycles. The number of hydrogen-bond donors (Lipinski definition) is 1. The fraction of sp³-hybridized carbons (Fsp3) is 0.391. The summed E-state index contributed by atoms with van der Waals surface area (Å²) in [6.45, 7) is 4.05. The van der Waals surface area contributed by atoms with E-state index in [0.29, 0.717) is 16.6 Å². The van der Waals surface area contributed by atoms with Gasteiger partial charge in [-0.1, -0.05) is 0 Å². The van der Waals surface area contributed by atoms with Crippen molar-refractivity contribution < 1.29 is 13.6 Å². The highest BCUT2D eigenvalue weighted by Gasteiger charge is 2.29. The molecule has 3 aromatic rings. The number of nitrogens with zero attached hydrogens (tertiary/aromatic N) is 5. The molecule has 1 aromatic carbocycles. The molecule has 2 aromatic heterocycles. The van der Waals surface area contributed by atoms with Crippen molar-refractivity contribution in [1.82, 2.24) is 24.9 Å². The minimum Gasteiger partial charge on any atom is -0.364 e. The number of hydrogen-bond acceptors (Lipinski definition) is 5. The molecule has 2 saturated heterocycles. The topological polar surface area (TPSA) is 56.1 Å². The summed E-state index contributed by atoms with van der Waals surface area (Å²) in [6, 6.07) is 7.16. The Balaban J connectivity index is 1.42. The zero-order valence-corrected chi connectivity index (χ0v) is 18.0. The number of aromatic nitrogens is 2. The lowest BCUT2D eigenvalue weighted by atomic mass is 10.0. The molecular formula is C23H26F2N6O. The summed E-state index contributed by atoms with van der Waals surface area (Å²) in [4.78, 5) is 17.2. The first-order valence-corrected chi connectivity index (χ1v) is 10.9. The third-order valence-electron chi connectivity index (χ3n) is 6.41. The summed E-state index contributed by atoms with van der Waals surface area (Å²) in [5.41, 5.74) is 5.37. The number of carbonyl (C=O) groups is 1. The van der Waals surface area contributed by atoms with Crippen LogP contribution in [0, 0.1) is 11.6 Å². The Labute approximate surface area is 185 Å². The second kappa shape index (κ2) is 8.48. The van der Waals surface area contributed by atoms with Crippen LogP contribution in [-0.2, 0) is 0 Å². The third-order valence-corrected chi connectivity index (χ3v) is 6.41. The molecule has 32 heavy (non-hydrogen) atoms. The Morgan fingerprint density at radius 1 is 1.09 bits per heavy atom. The molecule has 0 aliphatic carbocycles. The number of hydrazine groups is 1. The van der Waals surface area contributed by atoms with Crippen molar-refractivity contribution in [2.45, 2.75) is 18.9 Å². The van der Waals surface area contributed by atoms with E-state index in [2.05, 4.69) is 27.4 Å². The lowest BCUT2D eigenvalue weighted by Crippen LogP contribution is -2.52. The Kier molecular flexibility index (Phi) is 5.52. The van der Waals surface area contributed by atoms with Crippen molar-refractivity contribution in [3.05, 3.63) is 65.5 Å². The van der Waals surface area contributed by atoms with Gasteiger partial charge in [-0.3, -0.25) is 10.2 Å². The number of nitrogens with one attached hydrogen (secondary N) is 1. The number of likely N-dealkylation sites (N-methyl/N-ethyl adjacent to an activating group) is 1. The predicted molar refractivity (Wildman–Crippen MR) is 117 cm³/mol. The van der Waals surface area contributed by atoms with Crippen molar-refractivity contribution in [2.24, 2.45) is 0 Å². The van der Waals surface area contributed by atoms with Crippen molar-refractivity contribution in [2.75, 3.05) is 44.7 Å². The van der Waals surface area contributed by atoms with Crippen LogP contribution in [0.15, 0.2) is 42.7 Å². The van der Waals surface area contributed by atoms with E-state index < -0.39 is 11.6 Å². The third kappa shape index (κ3) is 3.93. The number of rotatable bonds is 4. The van der Waals surface area contributed by atoms with Crippen molar-refractivity contribution >= 4 is 17.1 Å². The molecule has 1 amide bonds. The van der Waals surface area contributed by atoms with Crippen LogP contribution in [0.25, 0.3) is 5.52 Å². The Hall–Kier alpha value is -3.04. The molecule has 4 heterocycles. The maximum Gasteiger partial charge on any atom is 0.269 e. The molecule has 7 nitrogen and oxygen atoms in total. The number of anilines is 1. The first kappa shape index (κ1) is 20.8. The van der Waals surface area contributed by atoms with E-state index in [1.165, 1.54) is 12.1 Å². The van der Waals surface area contributed by atoms with E-state index in [-0.39, 0.29) is 11.9 Å². The lowest BCUT2D eigenvalue weighted by molar-refractivity contribution is 0.0664. The molecule has 168 valence electrons. The van der Waals surface area contributed by atoms with Gasteiger partial charge in [-0.2, -0.15) is 5.10 Å². The fourth-order valence-electron chi connectivity index (χ4n) is 4.61. The van der Waals surface area contributed by atoms with Gasteiger partial charge in [-0.05, 0) is 50.2 Å². The van der Waals surface area contributed by atoms with Crippen molar-refractivity contribution in [3.8, 4) is 0 Å².